The number of hydrogen-bond donors (Lipinski definition) is 1. The van der Waals surface area contributed by atoms with Crippen molar-refractivity contribution >= 4 is 12.6 Å². The van der Waals surface area contributed by atoms with Crippen LogP contribution in [-0.2, 0) is 11.3 Å². The largest absolute Gasteiger partial charge is 0.385 e. The van der Waals surface area contributed by atoms with Crippen molar-refractivity contribution in [1.29, 1.82) is 5.26 Å². The first-order valence-corrected chi connectivity index (χ1v) is 9.98. The number of nitrogens with zero attached hydrogens (tertiary/aromatic N) is 5. The van der Waals surface area contributed by atoms with E-state index >= 15 is 0 Å². The summed E-state index contributed by atoms with van der Waals surface area (Å²) in [5.41, 5.74) is 1.49. The van der Waals surface area contributed by atoms with Crippen molar-refractivity contribution in [3.8, 4) is 6.07 Å². The molecule has 0 spiro atoms. The summed E-state index contributed by atoms with van der Waals surface area (Å²) in [5.74, 6) is 1.79. The summed E-state index contributed by atoms with van der Waals surface area (Å²) in [6, 6.07) is 10.1. The molecule has 0 amide bonds. The zero-order valence-corrected chi connectivity index (χ0v) is 16.9. The number of hydrogen-bond acceptors (Lipinski definition) is 6. The van der Waals surface area contributed by atoms with E-state index in [1.165, 1.54) is 12.8 Å². The smallest absolute Gasteiger partial charge is 0.150 e. The lowest BCUT2D eigenvalue weighted by molar-refractivity contribution is 0.169. The van der Waals surface area contributed by atoms with Crippen LogP contribution in [0.25, 0.3) is 0 Å². The summed E-state index contributed by atoms with van der Waals surface area (Å²) in [5, 5.41) is 18.2. The van der Waals surface area contributed by atoms with Crippen LogP contribution < -0.4 is 0 Å². The first-order valence-electron chi connectivity index (χ1n) is 9.46. The molecule has 2 heterocycles. The number of thiol groups is 1. The monoisotopic (exact) mass is 385 g/mol. The maximum absolute atomic E-state index is 9.45. The van der Waals surface area contributed by atoms with Crippen LogP contribution in [0.2, 0.25) is 0 Å². The minimum Gasteiger partial charge on any atom is -0.385 e. The van der Waals surface area contributed by atoms with E-state index in [1.54, 1.807) is 7.11 Å². The van der Waals surface area contributed by atoms with E-state index in [9.17, 15) is 5.26 Å². The van der Waals surface area contributed by atoms with Gasteiger partial charge in [0.15, 0.2) is 5.82 Å². The van der Waals surface area contributed by atoms with Gasteiger partial charge in [0.2, 0.25) is 0 Å². The summed E-state index contributed by atoms with van der Waals surface area (Å²) < 4.78 is 7.43. The molecule has 1 aromatic carbocycles. The molecular weight excluding hydrogens is 358 g/mol. The Bertz CT molecular complexity index is 800. The number of likely N-dealkylation sites (tertiary alicyclic amines) is 1. The molecule has 7 heteroatoms. The van der Waals surface area contributed by atoms with Gasteiger partial charge in [0.25, 0.3) is 0 Å². The first-order chi connectivity index (χ1) is 13.2. The van der Waals surface area contributed by atoms with Crippen molar-refractivity contribution in [3.05, 3.63) is 47.0 Å². The van der Waals surface area contributed by atoms with Gasteiger partial charge in [0.05, 0.1) is 22.9 Å². The number of methoxy groups -OCH3 is 1. The first kappa shape index (κ1) is 19.9. The summed E-state index contributed by atoms with van der Waals surface area (Å²) in [7, 11) is 3.87. The van der Waals surface area contributed by atoms with Crippen LogP contribution in [0.5, 0.6) is 0 Å². The third kappa shape index (κ3) is 4.34. The lowest BCUT2D eigenvalue weighted by Gasteiger charge is -2.32. The van der Waals surface area contributed by atoms with Crippen LogP contribution in [0.15, 0.2) is 24.3 Å². The Morgan fingerprint density at radius 1 is 1.33 bits per heavy atom. The van der Waals surface area contributed by atoms with Gasteiger partial charge in [-0.2, -0.15) is 17.9 Å². The van der Waals surface area contributed by atoms with Gasteiger partial charge in [0, 0.05) is 20.3 Å². The zero-order valence-electron chi connectivity index (χ0n) is 16.0. The second-order valence-electron chi connectivity index (χ2n) is 7.01. The molecule has 0 N–H and O–H groups in total. The molecule has 1 saturated heterocycles. The minimum absolute atomic E-state index is 0.272. The van der Waals surface area contributed by atoms with E-state index in [0.717, 1.165) is 43.1 Å². The van der Waals surface area contributed by atoms with Gasteiger partial charge < -0.3 is 9.30 Å². The molecule has 0 saturated carbocycles. The highest BCUT2D eigenvalue weighted by Gasteiger charge is 2.29. The van der Waals surface area contributed by atoms with Crippen molar-refractivity contribution < 1.29 is 4.74 Å². The quantitative estimate of drug-likeness (QED) is 0.585. The average Bonchev–Trinajstić information content (AvgIpc) is 3.11. The molecule has 2 aromatic rings. The Labute approximate surface area is 166 Å². The van der Waals surface area contributed by atoms with E-state index in [0.29, 0.717) is 12.2 Å². The molecular formula is C20H27N5OS. The normalized spacial score (nSPS) is 19.0. The Morgan fingerprint density at radius 3 is 2.89 bits per heavy atom. The van der Waals surface area contributed by atoms with Crippen molar-refractivity contribution in [1.82, 2.24) is 19.7 Å². The molecule has 27 heavy (non-hydrogen) atoms. The van der Waals surface area contributed by atoms with Gasteiger partial charge in [-0.15, -0.1) is 10.2 Å². The molecule has 0 radical (unpaired) electrons. The van der Waals surface area contributed by atoms with Gasteiger partial charge in [-0.3, -0.25) is 4.90 Å². The molecule has 0 bridgehead atoms. The SMILES string of the molecule is COCCCn1c(C(S)c2ccccc2C#N)nnc1C1CCCCN1C. The molecule has 1 aliphatic rings. The van der Waals surface area contributed by atoms with Gasteiger partial charge >= 0.3 is 0 Å². The highest BCUT2D eigenvalue weighted by atomic mass is 32.1. The summed E-state index contributed by atoms with van der Waals surface area (Å²) >= 11 is 4.83. The molecule has 2 atom stereocenters. The highest BCUT2D eigenvalue weighted by Crippen LogP contribution is 2.34. The molecule has 144 valence electrons. The Kier molecular flexibility index (Phi) is 6.89. The minimum atomic E-state index is -0.293. The van der Waals surface area contributed by atoms with Crippen LogP contribution in [0, 0.1) is 11.3 Å². The average molecular weight is 386 g/mol. The van der Waals surface area contributed by atoms with Crippen LogP contribution >= 0.6 is 12.6 Å². The van der Waals surface area contributed by atoms with E-state index in [-0.39, 0.29) is 11.3 Å². The second kappa shape index (κ2) is 9.36. The van der Waals surface area contributed by atoms with Crippen molar-refractivity contribution in [2.24, 2.45) is 0 Å². The van der Waals surface area contributed by atoms with E-state index in [4.69, 9.17) is 17.4 Å². The third-order valence-corrected chi connectivity index (χ3v) is 5.74. The van der Waals surface area contributed by atoms with E-state index < -0.39 is 0 Å². The van der Waals surface area contributed by atoms with Gasteiger partial charge in [-0.1, -0.05) is 24.6 Å². The molecule has 0 aliphatic carbocycles. The van der Waals surface area contributed by atoms with Crippen molar-refractivity contribution in [2.45, 2.75) is 43.5 Å². The summed E-state index contributed by atoms with van der Waals surface area (Å²) in [6.07, 6.45) is 4.40. The number of aromatic nitrogens is 3. The topological polar surface area (TPSA) is 67.0 Å². The molecule has 2 unspecified atom stereocenters. The highest BCUT2D eigenvalue weighted by molar-refractivity contribution is 7.80. The van der Waals surface area contributed by atoms with Crippen LogP contribution in [0.1, 0.15) is 59.8 Å². The Morgan fingerprint density at radius 2 is 2.15 bits per heavy atom. The third-order valence-electron chi connectivity index (χ3n) is 5.23. The summed E-state index contributed by atoms with van der Waals surface area (Å²) in [4.78, 5) is 2.36. The van der Waals surface area contributed by atoms with Gasteiger partial charge in [-0.25, -0.2) is 0 Å². The van der Waals surface area contributed by atoms with Crippen molar-refractivity contribution in [3.63, 3.8) is 0 Å². The molecule has 1 fully saturated rings. The zero-order chi connectivity index (χ0) is 19.2. The number of piperidine rings is 1. The predicted octanol–water partition coefficient (Wildman–Crippen LogP) is 3.36. The fourth-order valence-corrected chi connectivity index (χ4v) is 4.17. The van der Waals surface area contributed by atoms with Crippen LogP contribution in [-0.4, -0.2) is 47.0 Å². The van der Waals surface area contributed by atoms with Crippen LogP contribution in [0.3, 0.4) is 0 Å². The summed E-state index contributed by atoms with van der Waals surface area (Å²) in [6.45, 7) is 2.54. The Hall–Kier alpha value is -1.88. The maximum Gasteiger partial charge on any atom is 0.150 e. The fraction of sp³-hybridized carbons (Fsp3) is 0.550. The standard InChI is InChI=1S/C20H27N5OS/c1-24-11-6-5-10-17(24)19-22-23-20(25(19)12-7-13-26-2)18(27)16-9-4-3-8-15(16)14-21/h3-4,8-9,17-18,27H,5-7,10-13H2,1-2H3. The second-order valence-corrected chi connectivity index (χ2v) is 7.52. The number of benzene rings is 1. The van der Waals surface area contributed by atoms with Gasteiger partial charge in [-0.05, 0) is 44.5 Å². The van der Waals surface area contributed by atoms with Crippen LogP contribution in [0.4, 0.5) is 0 Å². The molecule has 1 aliphatic heterocycles. The Balaban J connectivity index is 1.97. The van der Waals surface area contributed by atoms with E-state index in [2.05, 4.69) is 32.8 Å². The number of rotatable bonds is 7. The number of ether oxygens (including phenoxy) is 1. The fourth-order valence-electron chi connectivity index (χ4n) is 3.75. The van der Waals surface area contributed by atoms with E-state index in [1.807, 2.05) is 24.3 Å². The lowest BCUT2D eigenvalue weighted by atomic mass is 10.0. The number of nitriles is 1. The van der Waals surface area contributed by atoms with Crippen molar-refractivity contribution in [2.75, 3.05) is 27.3 Å². The maximum atomic E-state index is 9.45. The molecule has 1 aromatic heterocycles. The molecule has 3 rings (SSSR count). The predicted molar refractivity (Wildman–Crippen MR) is 108 cm³/mol. The lowest BCUT2D eigenvalue weighted by Crippen LogP contribution is -2.32. The van der Waals surface area contributed by atoms with Gasteiger partial charge in [0.1, 0.15) is 5.82 Å². The molecule has 6 nitrogen and oxygen atoms in total.